The summed E-state index contributed by atoms with van der Waals surface area (Å²) >= 11 is 0. The number of nitrogens with two attached hydrogens (primary N) is 1. The molecule has 1 aromatic rings. The second-order valence-electron chi connectivity index (χ2n) is 5.26. The molecule has 0 radical (unpaired) electrons. The van der Waals surface area contributed by atoms with Gasteiger partial charge < -0.3 is 21.1 Å². The van der Waals surface area contributed by atoms with E-state index >= 15 is 0 Å². The van der Waals surface area contributed by atoms with Gasteiger partial charge in [-0.2, -0.15) is 0 Å². The normalized spacial score (nSPS) is 22.8. The van der Waals surface area contributed by atoms with Gasteiger partial charge in [0.2, 0.25) is 0 Å². The standard InChI is InChI=1S/C15H23N3O2/c1-3-20-14-8-13(9-14)18-15(19)17-12-6-4-5-11(7-12)10(2)16/h4-7,10,13-14H,3,8-9,16H2,1-2H3,(H2,17,18,19). The first-order valence-electron chi connectivity index (χ1n) is 7.13. The van der Waals surface area contributed by atoms with Crippen molar-refractivity contribution in [1.29, 1.82) is 0 Å². The highest BCUT2D eigenvalue weighted by Gasteiger charge is 2.30. The van der Waals surface area contributed by atoms with Gasteiger partial charge in [0.1, 0.15) is 0 Å². The summed E-state index contributed by atoms with van der Waals surface area (Å²) in [7, 11) is 0. The Bertz CT molecular complexity index is 456. The summed E-state index contributed by atoms with van der Waals surface area (Å²) in [5, 5.41) is 5.78. The molecule has 4 N–H and O–H groups in total. The molecule has 1 aliphatic rings. The van der Waals surface area contributed by atoms with E-state index < -0.39 is 0 Å². The lowest BCUT2D eigenvalue weighted by molar-refractivity contribution is -0.00673. The Morgan fingerprint density at radius 1 is 1.50 bits per heavy atom. The summed E-state index contributed by atoms with van der Waals surface area (Å²) < 4.78 is 5.46. The average Bonchev–Trinajstić information content (AvgIpc) is 2.36. The molecule has 2 amide bonds. The maximum atomic E-state index is 11.9. The molecule has 1 fully saturated rings. The molecule has 20 heavy (non-hydrogen) atoms. The van der Waals surface area contributed by atoms with Gasteiger partial charge in [0.05, 0.1) is 6.10 Å². The van der Waals surface area contributed by atoms with Crippen LogP contribution < -0.4 is 16.4 Å². The van der Waals surface area contributed by atoms with E-state index in [-0.39, 0.29) is 18.1 Å². The van der Waals surface area contributed by atoms with E-state index in [4.69, 9.17) is 10.5 Å². The lowest BCUT2D eigenvalue weighted by atomic mass is 9.89. The average molecular weight is 277 g/mol. The molecule has 1 aromatic carbocycles. The van der Waals surface area contributed by atoms with E-state index in [1.54, 1.807) is 0 Å². The number of ether oxygens (including phenoxy) is 1. The molecule has 0 heterocycles. The van der Waals surface area contributed by atoms with Crippen molar-refractivity contribution >= 4 is 11.7 Å². The van der Waals surface area contributed by atoms with E-state index in [1.807, 2.05) is 38.1 Å². The Hall–Kier alpha value is -1.59. The molecule has 110 valence electrons. The summed E-state index contributed by atoms with van der Waals surface area (Å²) in [6.07, 6.45) is 2.08. The van der Waals surface area contributed by atoms with Crippen molar-refractivity contribution in [2.75, 3.05) is 11.9 Å². The number of anilines is 1. The molecule has 0 aliphatic heterocycles. The van der Waals surface area contributed by atoms with Gasteiger partial charge in [-0.3, -0.25) is 0 Å². The molecule has 5 nitrogen and oxygen atoms in total. The molecule has 0 saturated heterocycles. The van der Waals surface area contributed by atoms with Crippen LogP contribution in [0, 0.1) is 0 Å². The van der Waals surface area contributed by atoms with Crippen molar-refractivity contribution < 1.29 is 9.53 Å². The van der Waals surface area contributed by atoms with Crippen molar-refractivity contribution in [1.82, 2.24) is 5.32 Å². The van der Waals surface area contributed by atoms with Crippen LogP contribution in [0.3, 0.4) is 0 Å². The van der Waals surface area contributed by atoms with Crippen LogP contribution in [0.1, 0.15) is 38.3 Å². The van der Waals surface area contributed by atoms with E-state index in [2.05, 4.69) is 10.6 Å². The minimum Gasteiger partial charge on any atom is -0.378 e. The Balaban J connectivity index is 1.79. The number of carbonyl (C=O) groups excluding carboxylic acids is 1. The monoisotopic (exact) mass is 277 g/mol. The van der Waals surface area contributed by atoms with Crippen LogP contribution in [-0.2, 0) is 4.74 Å². The van der Waals surface area contributed by atoms with Gasteiger partial charge in [0.15, 0.2) is 0 Å². The highest BCUT2D eigenvalue weighted by molar-refractivity contribution is 5.89. The van der Waals surface area contributed by atoms with Crippen LogP contribution in [-0.4, -0.2) is 24.8 Å². The number of urea groups is 1. The second kappa shape index (κ2) is 6.72. The third-order valence-corrected chi connectivity index (χ3v) is 3.50. The van der Waals surface area contributed by atoms with E-state index in [9.17, 15) is 4.79 Å². The Morgan fingerprint density at radius 2 is 2.25 bits per heavy atom. The topological polar surface area (TPSA) is 76.4 Å². The SMILES string of the molecule is CCOC1CC(NC(=O)Nc2cccc(C(C)N)c2)C1. The fraction of sp³-hybridized carbons (Fsp3) is 0.533. The molecule has 1 saturated carbocycles. The summed E-state index contributed by atoms with van der Waals surface area (Å²) in [5.74, 6) is 0. The highest BCUT2D eigenvalue weighted by Crippen LogP contribution is 2.23. The van der Waals surface area contributed by atoms with Gasteiger partial charge >= 0.3 is 6.03 Å². The van der Waals surface area contributed by atoms with Crippen LogP contribution in [0.5, 0.6) is 0 Å². The third-order valence-electron chi connectivity index (χ3n) is 3.50. The fourth-order valence-electron chi connectivity index (χ4n) is 2.31. The number of rotatable bonds is 5. The van der Waals surface area contributed by atoms with E-state index in [1.165, 1.54) is 0 Å². The van der Waals surface area contributed by atoms with Crippen LogP contribution in [0.25, 0.3) is 0 Å². The van der Waals surface area contributed by atoms with Crippen molar-refractivity contribution in [3.63, 3.8) is 0 Å². The third kappa shape index (κ3) is 3.95. The summed E-state index contributed by atoms with van der Waals surface area (Å²) in [6, 6.07) is 7.59. The molecule has 1 atom stereocenters. The molecule has 0 bridgehead atoms. The molecule has 2 rings (SSSR count). The van der Waals surface area contributed by atoms with Gasteiger partial charge in [-0.15, -0.1) is 0 Å². The predicted octanol–water partition coefficient (Wildman–Crippen LogP) is 2.40. The second-order valence-corrected chi connectivity index (χ2v) is 5.26. The van der Waals surface area contributed by atoms with E-state index in [0.29, 0.717) is 6.10 Å². The molecular formula is C15H23N3O2. The number of nitrogens with one attached hydrogen (secondary N) is 2. The van der Waals surface area contributed by atoms with Crippen molar-refractivity contribution in [2.24, 2.45) is 5.73 Å². The highest BCUT2D eigenvalue weighted by atomic mass is 16.5. The van der Waals surface area contributed by atoms with Crippen LogP contribution in [0.2, 0.25) is 0 Å². The molecule has 1 unspecified atom stereocenters. The zero-order valence-electron chi connectivity index (χ0n) is 12.1. The number of benzene rings is 1. The van der Waals surface area contributed by atoms with Gasteiger partial charge in [-0.1, -0.05) is 12.1 Å². The minimum atomic E-state index is -0.174. The summed E-state index contributed by atoms with van der Waals surface area (Å²) in [6.45, 7) is 4.63. The molecule has 1 aliphatic carbocycles. The van der Waals surface area contributed by atoms with Crippen LogP contribution in [0.15, 0.2) is 24.3 Å². The number of hydrogen-bond donors (Lipinski definition) is 3. The first-order valence-corrected chi connectivity index (χ1v) is 7.13. The van der Waals surface area contributed by atoms with Gasteiger partial charge in [-0.05, 0) is 44.4 Å². The Kier molecular flexibility index (Phi) is 4.98. The molecular weight excluding hydrogens is 254 g/mol. The van der Waals surface area contributed by atoms with Crippen LogP contribution >= 0.6 is 0 Å². The zero-order valence-corrected chi connectivity index (χ0v) is 12.1. The number of carbonyl (C=O) groups is 1. The first-order chi connectivity index (χ1) is 9.58. The Morgan fingerprint density at radius 3 is 2.90 bits per heavy atom. The Labute approximate surface area is 119 Å². The molecule has 5 heteroatoms. The van der Waals surface area contributed by atoms with Gasteiger partial charge in [0, 0.05) is 24.4 Å². The maximum absolute atomic E-state index is 11.9. The summed E-state index contributed by atoms with van der Waals surface area (Å²) in [5.41, 5.74) is 7.59. The smallest absolute Gasteiger partial charge is 0.319 e. The zero-order chi connectivity index (χ0) is 14.5. The largest absolute Gasteiger partial charge is 0.378 e. The minimum absolute atomic E-state index is 0.0432. The number of amides is 2. The maximum Gasteiger partial charge on any atom is 0.319 e. The molecule has 0 spiro atoms. The van der Waals surface area contributed by atoms with Gasteiger partial charge in [-0.25, -0.2) is 4.79 Å². The van der Waals surface area contributed by atoms with Crippen LogP contribution in [0.4, 0.5) is 10.5 Å². The summed E-state index contributed by atoms with van der Waals surface area (Å²) in [4.78, 5) is 11.9. The lowest BCUT2D eigenvalue weighted by Gasteiger charge is -2.35. The quantitative estimate of drug-likeness (QED) is 0.773. The molecule has 0 aromatic heterocycles. The van der Waals surface area contributed by atoms with Gasteiger partial charge in [0.25, 0.3) is 0 Å². The van der Waals surface area contributed by atoms with E-state index in [0.717, 1.165) is 30.7 Å². The predicted molar refractivity (Wildman–Crippen MR) is 79.6 cm³/mol. The number of hydrogen-bond acceptors (Lipinski definition) is 3. The first kappa shape index (κ1) is 14.8. The fourth-order valence-corrected chi connectivity index (χ4v) is 2.31. The van der Waals surface area contributed by atoms with Crippen molar-refractivity contribution in [3.05, 3.63) is 29.8 Å². The van der Waals surface area contributed by atoms with Crippen molar-refractivity contribution in [2.45, 2.75) is 44.9 Å². The van der Waals surface area contributed by atoms with Crippen molar-refractivity contribution in [3.8, 4) is 0 Å². The lowest BCUT2D eigenvalue weighted by Crippen LogP contribution is -2.49.